The first-order valence-electron chi connectivity index (χ1n) is 6.21. The minimum Gasteiger partial charge on any atom is -0.467 e. The molecule has 2 rings (SSSR count). The molecular weight excluding hydrogens is 244 g/mol. The van der Waals surface area contributed by atoms with Crippen LogP contribution in [-0.2, 0) is 14.3 Å². The molecule has 0 spiro atoms. The summed E-state index contributed by atoms with van der Waals surface area (Å²) in [6.45, 7) is 4.70. The van der Waals surface area contributed by atoms with E-state index in [1.54, 1.807) is 0 Å². The number of hydrogen-bond donors (Lipinski definition) is 1. The number of rotatable bonds is 2. The lowest BCUT2D eigenvalue weighted by Crippen LogP contribution is -2.57. The van der Waals surface area contributed by atoms with Gasteiger partial charge in [0, 0.05) is 12.2 Å². The minimum absolute atomic E-state index is 0.163. The molecule has 0 radical (unpaired) electrons. The van der Waals surface area contributed by atoms with Crippen LogP contribution in [-0.4, -0.2) is 38.1 Å². The highest BCUT2D eigenvalue weighted by molar-refractivity contribution is 5.90. The molecule has 0 saturated carbocycles. The van der Waals surface area contributed by atoms with Crippen molar-refractivity contribution in [1.29, 1.82) is 0 Å². The van der Waals surface area contributed by atoms with Gasteiger partial charge in [-0.1, -0.05) is 18.2 Å². The first-order valence-corrected chi connectivity index (χ1v) is 6.21. The van der Waals surface area contributed by atoms with Crippen LogP contribution in [0.5, 0.6) is 0 Å². The van der Waals surface area contributed by atoms with E-state index in [4.69, 9.17) is 4.74 Å². The van der Waals surface area contributed by atoms with Gasteiger partial charge in [0.25, 0.3) is 0 Å². The normalized spacial score (nSPS) is 19.0. The number of para-hydroxylation sites is 1. The van der Waals surface area contributed by atoms with Crippen LogP contribution < -0.4 is 10.2 Å². The maximum atomic E-state index is 11.7. The van der Waals surface area contributed by atoms with E-state index >= 15 is 0 Å². The van der Waals surface area contributed by atoms with E-state index in [1.807, 2.05) is 36.9 Å². The molecule has 1 heterocycles. The fourth-order valence-corrected chi connectivity index (χ4v) is 2.49. The zero-order valence-electron chi connectivity index (χ0n) is 11.4. The molecule has 0 aliphatic carbocycles. The number of carbonyl (C=O) groups is 2. The van der Waals surface area contributed by atoms with Gasteiger partial charge in [-0.05, 0) is 25.0 Å². The van der Waals surface area contributed by atoms with Crippen LogP contribution in [0.3, 0.4) is 0 Å². The second-order valence-electron chi connectivity index (χ2n) is 4.76. The second kappa shape index (κ2) is 5.30. The number of piperazine rings is 1. The predicted octanol–water partition coefficient (Wildman–Crippen LogP) is 0.781. The molecule has 1 unspecified atom stereocenters. The highest BCUT2D eigenvalue weighted by Gasteiger charge is 2.31. The highest BCUT2D eigenvalue weighted by atomic mass is 16.5. The first-order chi connectivity index (χ1) is 9.02. The number of carbonyl (C=O) groups excluding carboxylic acids is 2. The van der Waals surface area contributed by atoms with E-state index in [0.717, 1.165) is 16.8 Å². The largest absolute Gasteiger partial charge is 0.467 e. The number of esters is 1. The Kier molecular flexibility index (Phi) is 3.74. The third kappa shape index (κ3) is 2.70. The number of amides is 1. The molecule has 1 saturated heterocycles. The SMILES string of the molecule is COC(=O)C1CN(c2c(C)cccc2C)CC(=O)N1. The lowest BCUT2D eigenvalue weighted by molar-refractivity contribution is -0.145. The van der Waals surface area contributed by atoms with Crippen molar-refractivity contribution in [2.45, 2.75) is 19.9 Å². The Bertz CT molecular complexity index is 493. The molecule has 1 amide bonds. The minimum atomic E-state index is -0.606. The Morgan fingerprint density at radius 1 is 1.37 bits per heavy atom. The van der Waals surface area contributed by atoms with Crippen LogP contribution in [0.1, 0.15) is 11.1 Å². The van der Waals surface area contributed by atoms with Gasteiger partial charge in [0.05, 0.1) is 13.7 Å². The number of methoxy groups -OCH3 is 1. The van der Waals surface area contributed by atoms with Crippen LogP contribution in [0.15, 0.2) is 18.2 Å². The Hall–Kier alpha value is -2.04. The Balaban J connectivity index is 2.29. The van der Waals surface area contributed by atoms with Crippen LogP contribution in [0.25, 0.3) is 0 Å². The third-order valence-electron chi connectivity index (χ3n) is 3.31. The number of hydrogen-bond acceptors (Lipinski definition) is 4. The quantitative estimate of drug-likeness (QED) is 0.800. The summed E-state index contributed by atoms with van der Waals surface area (Å²) in [5, 5.41) is 2.65. The van der Waals surface area contributed by atoms with E-state index < -0.39 is 12.0 Å². The molecular formula is C14H18N2O3. The molecule has 5 nitrogen and oxygen atoms in total. The second-order valence-corrected chi connectivity index (χ2v) is 4.76. The lowest BCUT2D eigenvalue weighted by atomic mass is 10.1. The molecule has 1 N–H and O–H groups in total. The zero-order chi connectivity index (χ0) is 14.0. The van der Waals surface area contributed by atoms with Crippen molar-refractivity contribution in [1.82, 2.24) is 5.32 Å². The highest BCUT2D eigenvalue weighted by Crippen LogP contribution is 2.25. The Labute approximate surface area is 112 Å². The van der Waals surface area contributed by atoms with E-state index in [-0.39, 0.29) is 12.5 Å². The number of nitrogens with zero attached hydrogens (tertiary/aromatic N) is 1. The number of anilines is 1. The Morgan fingerprint density at radius 2 is 2.00 bits per heavy atom. The summed E-state index contributed by atoms with van der Waals surface area (Å²) in [5.74, 6) is -0.575. The first kappa shape index (κ1) is 13.4. The van der Waals surface area contributed by atoms with Gasteiger partial charge in [-0.15, -0.1) is 0 Å². The van der Waals surface area contributed by atoms with Gasteiger partial charge >= 0.3 is 5.97 Å². The topological polar surface area (TPSA) is 58.6 Å². The van der Waals surface area contributed by atoms with Gasteiger partial charge in [0.15, 0.2) is 0 Å². The fraction of sp³-hybridized carbons (Fsp3) is 0.429. The summed E-state index contributed by atoms with van der Waals surface area (Å²) in [6, 6.07) is 5.38. The van der Waals surface area contributed by atoms with Gasteiger partial charge in [-0.3, -0.25) is 4.79 Å². The molecule has 1 fully saturated rings. The molecule has 0 aromatic heterocycles. The van der Waals surface area contributed by atoms with Crippen molar-refractivity contribution in [2.75, 3.05) is 25.1 Å². The molecule has 1 aromatic carbocycles. The standard InChI is InChI=1S/C14H18N2O3/c1-9-5-4-6-10(2)13(9)16-7-11(14(18)19-3)15-12(17)8-16/h4-6,11H,7-8H2,1-3H3,(H,15,17). The summed E-state index contributed by atoms with van der Waals surface area (Å²) in [6.07, 6.45) is 0. The summed E-state index contributed by atoms with van der Waals surface area (Å²) < 4.78 is 4.70. The van der Waals surface area contributed by atoms with E-state index in [9.17, 15) is 9.59 Å². The molecule has 19 heavy (non-hydrogen) atoms. The van der Waals surface area contributed by atoms with Gasteiger partial charge in [-0.25, -0.2) is 4.79 Å². The van der Waals surface area contributed by atoms with Crippen LogP contribution in [0, 0.1) is 13.8 Å². The van der Waals surface area contributed by atoms with Crippen LogP contribution in [0.2, 0.25) is 0 Å². The van der Waals surface area contributed by atoms with Crippen molar-refractivity contribution in [3.63, 3.8) is 0 Å². The number of ether oxygens (including phenoxy) is 1. The van der Waals surface area contributed by atoms with Gasteiger partial charge in [0.2, 0.25) is 5.91 Å². The van der Waals surface area contributed by atoms with Crippen molar-refractivity contribution in [2.24, 2.45) is 0 Å². The average molecular weight is 262 g/mol. The Morgan fingerprint density at radius 3 is 2.58 bits per heavy atom. The summed E-state index contributed by atoms with van der Waals surface area (Å²) in [4.78, 5) is 25.3. The molecule has 0 bridgehead atoms. The zero-order valence-corrected chi connectivity index (χ0v) is 11.4. The summed E-state index contributed by atoms with van der Waals surface area (Å²) >= 11 is 0. The molecule has 102 valence electrons. The maximum absolute atomic E-state index is 11.7. The fourth-order valence-electron chi connectivity index (χ4n) is 2.49. The predicted molar refractivity (Wildman–Crippen MR) is 72.1 cm³/mol. The van der Waals surface area contributed by atoms with Crippen LogP contribution >= 0.6 is 0 Å². The third-order valence-corrected chi connectivity index (χ3v) is 3.31. The van der Waals surface area contributed by atoms with Crippen LogP contribution in [0.4, 0.5) is 5.69 Å². The maximum Gasteiger partial charge on any atom is 0.330 e. The van der Waals surface area contributed by atoms with E-state index in [0.29, 0.717) is 6.54 Å². The molecule has 1 aromatic rings. The van der Waals surface area contributed by atoms with Crippen molar-refractivity contribution < 1.29 is 14.3 Å². The monoisotopic (exact) mass is 262 g/mol. The van der Waals surface area contributed by atoms with Gasteiger partial charge in [-0.2, -0.15) is 0 Å². The van der Waals surface area contributed by atoms with Gasteiger partial charge < -0.3 is 15.0 Å². The molecule has 1 atom stereocenters. The lowest BCUT2D eigenvalue weighted by Gasteiger charge is -2.34. The molecule has 5 heteroatoms. The smallest absolute Gasteiger partial charge is 0.330 e. The molecule has 1 aliphatic rings. The average Bonchev–Trinajstić information content (AvgIpc) is 2.37. The van der Waals surface area contributed by atoms with E-state index in [1.165, 1.54) is 7.11 Å². The number of nitrogens with one attached hydrogen (secondary N) is 1. The summed E-state index contributed by atoms with van der Waals surface area (Å²) in [7, 11) is 1.33. The van der Waals surface area contributed by atoms with E-state index in [2.05, 4.69) is 5.32 Å². The van der Waals surface area contributed by atoms with Crippen molar-refractivity contribution >= 4 is 17.6 Å². The van der Waals surface area contributed by atoms with Crippen molar-refractivity contribution in [3.8, 4) is 0 Å². The molecule has 1 aliphatic heterocycles. The van der Waals surface area contributed by atoms with Crippen molar-refractivity contribution in [3.05, 3.63) is 29.3 Å². The number of aryl methyl sites for hydroxylation is 2. The summed E-state index contributed by atoms with van der Waals surface area (Å²) in [5.41, 5.74) is 3.21. The number of benzene rings is 1. The van der Waals surface area contributed by atoms with Gasteiger partial charge in [0.1, 0.15) is 6.04 Å².